The third-order valence-electron chi connectivity index (χ3n) is 6.89. The van der Waals surface area contributed by atoms with Gasteiger partial charge in [-0.25, -0.2) is 13.9 Å². The predicted octanol–water partition coefficient (Wildman–Crippen LogP) is 6.01. The summed E-state index contributed by atoms with van der Waals surface area (Å²) in [6, 6.07) is 11.4. The SMILES string of the molecule is CCc1cccc(CC)c1-n1nc2c(c1-c1ccc(F)c3[nH]ccc13)CN(C(=O)O)C2(C)C. The predicted molar refractivity (Wildman–Crippen MR) is 126 cm³/mol. The van der Waals surface area contributed by atoms with Crippen LogP contribution in [0.25, 0.3) is 27.8 Å². The molecule has 0 aliphatic carbocycles. The number of carboxylic acid groups (broad SMARTS) is 1. The maximum absolute atomic E-state index is 14.5. The van der Waals surface area contributed by atoms with Crippen LogP contribution < -0.4 is 0 Å². The summed E-state index contributed by atoms with van der Waals surface area (Å²) < 4.78 is 16.5. The van der Waals surface area contributed by atoms with Crippen molar-refractivity contribution in [1.29, 1.82) is 0 Å². The topological polar surface area (TPSA) is 74.2 Å². The van der Waals surface area contributed by atoms with Gasteiger partial charge in [0.2, 0.25) is 0 Å². The van der Waals surface area contributed by atoms with Crippen molar-refractivity contribution in [2.24, 2.45) is 0 Å². The Labute approximate surface area is 191 Å². The molecular formula is C26H27FN4O2. The monoisotopic (exact) mass is 446 g/mol. The zero-order valence-electron chi connectivity index (χ0n) is 19.2. The molecule has 0 fully saturated rings. The van der Waals surface area contributed by atoms with E-state index in [-0.39, 0.29) is 12.4 Å². The zero-order chi connectivity index (χ0) is 23.5. The van der Waals surface area contributed by atoms with Crippen LogP contribution in [0.5, 0.6) is 0 Å². The van der Waals surface area contributed by atoms with Gasteiger partial charge in [0.1, 0.15) is 5.82 Å². The zero-order valence-corrected chi connectivity index (χ0v) is 19.2. The Bertz CT molecular complexity index is 1380. The standard InChI is InChI=1S/C26H27FN4O2/c1-5-15-8-7-9-16(6-2)22(15)31-23(18-10-11-20(27)21-17(18)12-13-28-21)19-14-30(25(32)33)26(3,4)24(19)29-31/h7-13,28H,5-6,14H2,1-4H3,(H,32,33). The Morgan fingerprint density at radius 1 is 1.15 bits per heavy atom. The van der Waals surface area contributed by atoms with Crippen molar-refractivity contribution in [3.8, 4) is 16.9 Å². The van der Waals surface area contributed by atoms with E-state index in [2.05, 4.69) is 37.0 Å². The molecule has 5 rings (SSSR count). The van der Waals surface area contributed by atoms with Crippen LogP contribution in [0, 0.1) is 5.82 Å². The fourth-order valence-electron chi connectivity index (χ4n) is 5.14. The average Bonchev–Trinajstić information content (AvgIpc) is 3.48. The Hall–Kier alpha value is -3.61. The molecule has 2 aromatic carbocycles. The molecule has 0 bridgehead atoms. The first kappa shape index (κ1) is 21.2. The maximum Gasteiger partial charge on any atom is 0.408 e. The molecule has 3 heterocycles. The second-order valence-corrected chi connectivity index (χ2v) is 9.01. The lowest BCUT2D eigenvalue weighted by molar-refractivity contribution is 0.0975. The van der Waals surface area contributed by atoms with Crippen LogP contribution in [0.1, 0.15) is 50.1 Å². The Morgan fingerprint density at radius 2 is 1.85 bits per heavy atom. The van der Waals surface area contributed by atoms with Crippen LogP contribution >= 0.6 is 0 Å². The number of nitrogens with zero attached hydrogens (tertiary/aromatic N) is 3. The first-order chi connectivity index (χ1) is 15.8. The first-order valence-corrected chi connectivity index (χ1v) is 11.3. The highest BCUT2D eigenvalue weighted by atomic mass is 19.1. The maximum atomic E-state index is 14.5. The van der Waals surface area contributed by atoms with Crippen molar-refractivity contribution in [1.82, 2.24) is 19.7 Å². The molecule has 2 N–H and O–H groups in total. The number of benzene rings is 2. The van der Waals surface area contributed by atoms with Gasteiger partial charge in [-0.3, -0.25) is 4.90 Å². The number of aryl methyl sites for hydroxylation is 2. The van der Waals surface area contributed by atoms with E-state index in [0.29, 0.717) is 5.52 Å². The molecule has 7 heteroatoms. The summed E-state index contributed by atoms with van der Waals surface area (Å²) in [5.41, 5.74) is 6.25. The molecule has 1 aliphatic rings. The molecule has 2 aromatic heterocycles. The minimum Gasteiger partial charge on any atom is -0.465 e. The smallest absolute Gasteiger partial charge is 0.408 e. The summed E-state index contributed by atoms with van der Waals surface area (Å²) in [5.74, 6) is -0.322. The highest BCUT2D eigenvalue weighted by Crippen LogP contribution is 2.45. The number of halogens is 1. The minimum atomic E-state index is -0.982. The van der Waals surface area contributed by atoms with E-state index in [1.54, 1.807) is 12.3 Å². The van der Waals surface area contributed by atoms with Gasteiger partial charge in [0.05, 0.1) is 34.7 Å². The van der Waals surface area contributed by atoms with Gasteiger partial charge >= 0.3 is 6.09 Å². The van der Waals surface area contributed by atoms with Crippen LogP contribution in [-0.4, -0.2) is 30.9 Å². The van der Waals surface area contributed by atoms with Gasteiger partial charge in [0, 0.05) is 22.7 Å². The van der Waals surface area contributed by atoms with E-state index in [0.717, 1.165) is 57.6 Å². The Balaban J connectivity index is 1.89. The van der Waals surface area contributed by atoms with Gasteiger partial charge in [-0.15, -0.1) is 0 Å². The number of fused-ring (bicyclic) bond motifs is 2. The summed E-state index contributed by atoms with van der Waals surface area (Å²) in [7, 11) is 0. The molecule has 0 atom stereocenters. The van der Waals surface area contributed by atoms with Gasteiger partial charge in [-0.1, -0.05) is 32.0 Å². The van der Waals surface area contributed by atoms with Crippen LogP contribution in [0.2, 0.25) is 0 Å². The Morgan fingerprint density at radius 3 is 2.48 bits per heavy atom. The highest BCUT2D eigenvalue weighted by molar-refractivity contribution is 5.96. The van der Waals surface area contributed by atoms with Crippen molar-refractivity contribution in [3.05, 3.63) is 70.8 Å². The first-order valence-electron chi connectivity index (χ1n) is 11.3. The molecule has 0 unspecified atom stereocenters. The van der Waals surface area contributed by atoms with Crippen molar-refractivity contribution < 1.29 is 14.3 Å². The summed E-state index contributed by atoms with van der Waals surface area (Å²) >= 11 is 0. The highest BCUT2D eigenvalue weighted by Gasteiger charge is 2.45. The number of H-pyrrole nitrogens is 1. The third kappa shape index (κ3) is 2.98. The average molecular weight is 447 g/mol. The number of aromatic amines is 1. The van der Waals surface area contributed by atoms with E-state index < -0.39 is 11.6 Å². The number of hydrogen-bond acceptors (Lipinski definition) is 2. The number of amides is 1. The van der Waals surface area contributed by atoms with E-state index in [1.165, 1.54) is 11.0 Å². The van der Waals surface area contributed by atoms with Crippen LogP contribution in [-0.2, 0) is 24.9 Å². The van der Waals surface area contributed by atoms with E-state index >= 15 is 0 Å². The lowest BCUT2D eigenvalue weighted by Gasteiger charge is -2.29. The van der Waals surface area contributed by atoms with Crippen LogP contribution in [0.4, 0.5) is 9.18 Å². The minimum absolute atomic E-state index is 0.228. The van der Waals surface area contributed by atoms with Crippen molar-refractivity contribution in [2.45, 2.75) is 52.6 Å². The molecule has 170 valence electrons. The van der Waals surface area contributed by atoms with Crippen molar-refractivity contribution in [3.63, 3.8) is 0 Å². The molecule has 0 radical (unpaired) electrons. The van der Waals surface area contributed by atoms with E-state index in [4.69, 9.17) is 5.10 Å². The number of hydrogen-bond donors (Lipinski definition) is 2. The number of carbonyl (C=O) groups is 1. The van der Waals surface area contributed by atoms with Crippen molar-refractivity contribution >= 4 is 17.0 Å². The molecule has 0 saturated heterocycles. The summed E-state index contributed by atoms with van der Waals surface area (Å²) in [4.78, 5) is 16.5. The van der Waals surface area contributed by atoms with E-state index in [1.807, 2.05) is 24.6 Å². The lowest BCUT2D eigenvalue weighted by atomic mass is 9.97. The van der Waals surface area contributed by atoms with Gasteiger partial charge in [-0.2, -0.15) is 5.10 Å². The fraction of sp³-hybridized carbons (Fsp3) is 0.308. The summed E-state index contributed by atoms with van der Waals surface area (Å²) in [5, 5.41) is 15.7. The van der Waals surface area contributed by atoms with Gasteiger partial charge < -0.3 is 10.1 Å². The summed E-state index contributed by atoms with van der Waals surface area (Å²) in [6.07, 6.45) is 2.41. The molecule has 4 aromatic rings. The fourth-order valence-corrected chi connectivity index (χ4v) is 5.14. The second-order valence-electron chi connectivity index (χ2n) is 9.01. The molecule has 0 saturated carbocycles. The Kier molecular flexibility index (Phi) is 4.81. The molecule has 1 amide bonds. The quantitative estimate of drug-likeness (QED) is 0.403. The number of para-hydroxylation sites is 1. The molecule has 6 nitrogen and oxygen atoms in total. The number of rotatable bonds is 4. The lowest BCUT2D eigenvalue weighted by Crippen LogP contribution is -2.40. The molecule has 1 aliphatic heterocycles. The normalized spacial score (nSPS) is 14.8. The molecule has 33 heavy (non-hydrogen) atoms. The molecule has 0 spiro atoms. The van der Waals surface area contributed by atoms with Gasteiger partial charge in [0.25, 0.3) is 0 Å². The third-order valence-corrected chi connectivity index (χ3v) is 6.89. The summed E-state index contributed by atoms with van der Waals surface area (Å²) in [6.45, 7) is 8.24. The van der Waals surface area contributed by atoms with Crippen LogP contribution in [0.15, 0.2) is 42.6 Å². The number of nitrogens with one attached hydrogen (secondary N) is 1. The second kappa shape index (κ2) is 7.47. The molecular weight excluding hydrogens is 419 g/mol. The van der Waals surface area contributed by atoms with E-state index in [9.17, 15) is 14.3 Å². The largest absolute Gasteiger partial charge is 0.465 e. The van der Waals surface area contributed by atoms with Crippen molar-refractivity contribution in [2.75, 3.05) is 0 Å². The van der Waals surface area contributed by atoms with Gasteiger partial charge in [-0.05, 0) is 56.0 Å². The van der Waals surface area contributed by atoms with Crippen LogP contribution in [0.3, 0.4) is 0 Å². The van der Waals surface area contributed by atoms with Gasteiger partial charge in [0.15, 0.2) is 0 Å². The number of aromatic nitrogens is 3.